The summed E-state index contributed by atoms with van der Waals surface area (Å²) in [5.41, 5.74) is 2.87. The Kier molecular flexibility index (Phi) is 6.76. The van der Waals surface area contributed by atoms with Gasteiger partial charge in [0.15, 0.2) is 0 Å². The molecule has 0 saturated heterocycles. The summed E-state index contributed by atoms with van der Waals surface area (Å²) in [7, 11) is 0. The lowest BCUT2D eigenvalue weighted by Gasteiger charge is -2.40. The standard InChI is InChI=1S/C28H31NO/c30-22-27(21-23-13-5-1-6-14-23)29-28(24-15-7-2-8-16-24,25-17-9-3-10-18-25)26-19-11-4-12-20-26/h2-4,7-12,15-20,22-23,27,29H,1,5-6,13-14,21H2/t27-/m0/s1. The Morgan fingerprint density at radius 2 is 1.17 bits per heavy atom. The zero-order valence-corrected chi connectivity index (χ0v) is 17.5. The molecule has 0 radical (unpaired) electrons. The molecule has 0 amide bonds. The fraction of sp³-hybridized carbons (Fsp3) is 0.321. The first-order valence-electron chi connectivity index (χ1n) is 11.2. The van der Waals surface area contributed by atoms with E-state index in [1.165, 1.54) is 32.1 Å². The molecule has 1 N–H and O–H groups in total. The topological polar surface area (TPSA) is 29.1 Å². The van der Waals surface area contributed by atoms with Gasteiger partial charge in [0.25, 0.3) is 0 Å². The molecule has 1 saturated carbocycles. The second kappa shape index (κ2) is 9.86. The van der Waals surface area contributed by atoms with Crippen molar-refractivity contribution in [2.75, 3.05) is 0 Å². The highest BCUT2D eigenvalue weighted by atomic mass is 16.1. The van der Waals surface area contributed by atoms with Gasteiger partial charge in [-0.3, -0.25) is 5.32 Å². The Morgan fingerprint density at radius 3 is 1.57 bits per heavy atom. The first-order chi connectivity index (χ1) is 14.8. The Bertz CT molecular complexity index is 804. The van der Waals surface area contributed by atoms with Crippen LogP contribution in [0.25, 0.3) is 0 Å². The highest BCUT2D eigenvalue weighted by Crippen LogP contribution is 2.38. The summed E-state index contributed by atoms with van der Waals surface area (Å²) in [6.45, 7) is 0. The smallest absolute Gasteiger partial charge is 0.136 e. The van der Waals surface area contributed by atoms with E-state index in [-0.39, 0.29) is 6.04 Å². The molecular formula is C28H31NO. The van der Waals surface area contributed by atoms with Crippen LogP contribution in [0.1, 0.15) is 55.2 Å². The molecule has 0 bridgehead atoms. The normalized spacial score (nSPS) is 16.1. The fourth-order valence-corrected chi connectivity index (χ4v) is 5.02. The Balaban J connectivity index is 1.80. The van der Waals surface area contributed by atoms with E-state index in [1.807, 2.05) is 18.2 Å². The second-order valence-electron chi connectivity index (χ2n) is 8.47. The van der Waals surface area contributed by atoms with Crippen LogP contribution in [0.5, 0.6) is 0 Å². The van der Waals surface area contributed by atoms with Gasteiger partial charge in [-0.2, -0.15) is 0 Å². The molecule has 0 aromatic heterocycles. The van der Waals surface area contributed by atoms with Gasteiger partial charge in [0.05, 0.1) is 11.6 Å². The average molecular weight is 398 g/mol. The first-order valence-corrected chi connectivity index (χ1v) is 11.2. The van der Waals surface area contributed by atoms with E-state index >= 15 is 0 Å². The number of hydrogen-bond acceptors (Lipinski definition) is 2. The molecule has 0 spiro atoms. The van der Waals surface area contributed by atoms with Crippen LogP contribution in [0.15, 0.2) is 91.0 Å². The van der Waals surface area contributed by atoms with Gasteiger partial charge in [-0.25, -0.2) is 0 Å². The van der Waals surface area contributed by atoms with Crippen LogP contribution in [-0.4, -0.2) is 12.3 Å². The Morgan fingerprint density at radius 1 is 0.733 bits per heavy atom. The van der Waals surface area contributed by atoms with Crippen LogP contribution in [0.3, 0.4) is 0 Å². The van der Waals surface area contributed by atoms with Crippen molar-refractivity contribution in [2.45, 2.75) is 50.1 Å². The number of carbonyl (C=O) groups is 1. The van der Waals surface area contributed by atoms with Gasteiger partial charge < -0.3 is 4.79 Å². The molecule has 1 atom stereocenters. The summed E-state index contributed by atoms with van der Waals surface area (Å²) >= 11 is 0. The van der Waals surface area contributed by atoms with Crippen molar-refractivity contribution < 1.29 is 4.79 Å². The van der Waals surface area contributed by atoms with Crippen molar-refractivity contribution in [3.63, 3.8) is 0 Å². The molecule has 1 fully saturated rings. The largest absolute Gasteiger partial charge is 0.302 e. The summed E-state index contributed by atoms with van der Waals surface area (Å²) in [4.78, 5) is 12.3. The highest BCUT2D eigenvalue weighted by molar-refractivity contribution is 5.60. The molecule has 30 heavy (non-hydrogen) atoms. The van der Waals surface area contributed by atoms with Crippen molar-refractivity contribution in [2.24, 2.45) is 5.92 Å². The molecule has 3 aromatic carbocycles. The van der Waals surface area contributed by atoms with Crippen LogP contribution in [0, 0.1) is 5.92 Å². The zero-order chi connectivity index (χ0) is 20.7. The van der Waals surface area contributed by atoms with E-state index in [2.05, 4.69) is 78.1 Å². The van der Waals surface area contributed by atoms with Crippen molar-refractivity contribution >= 4 is 6.29 Å². The Labute approximate surface area is 180 Å². The summed E-state index contributed by atoms with van der Waals surface area (Å²) in [6.07, 6.45) is 8.41. The predicted molar refractivity (Wildman–Crippen MR) is 123 cm³/mol. The molecule has 2 nitrogen and oxygen atoms in total. The lowest BCUT2D eigenvalue weighted by Crippen LogP contribution is -2.51. The minimum atomic E-state index is -0.579. The first kappa shape index (κ1) is 20.6. The van der Waals surface area contributed by atoms with E-state index < -0.39 is 5.54 Å². The maximum atomic E-state index is 12.3. The van der Waals surface area contributed by atoms with Crippen molar-refractivity contribution in [3.8, 4) is 0 Å². The SMILES string of the molecule is O=C[C@H](CC1CCCCC1)NC(c1ccccc1)(c1ccccc1)c1ccccc1. The maximum Gasteiger partial charge on any atom is 0.136 e. The number of rotatable bonds is 8. The van der Waals surface area contributed by atoms with Crippen LogP contribution in [-0.2, 0) is 10.3 Å². The molecule has 4 rings (SSSR count). The molecule has 0 unspecified atom stereocenters. The van der Waals surface area contributed by atoms with E-state index in [9.17, 15) is 4.79 Å². The summed E-state index contributed by atoms with van der Waals surface area (Å²) < 4.78 is 0. The van der Waals surface area contributed by atoms with Crippen LogP contribution in [0.4, 0.5) is 0 Å². The van der Waals surface area contributed by atoms with Crippen LogP contribution < -0.4 is 5.32 Å². The number of nitrogens with one attached hydrogen (secondary N) is 1. The Hall–Kier alpha value is -2.71. The molecule has 1 aliphatic carbocycles. The number of hydrogen-bond donors (Lipinski definition) is 1. The maximum absolute atomic E-state index is 12.3. The van der Waals surface area contributed by atoms with E-state index in [0.717, 1.165) is 29.4 Å². The van der Waals surface area contributed by atoms with E-state index in [0.29, 0.717) is 5.92 Å². The van der Waals surface area contributed by atoms with E-state index in [1.54, 1.807) is 0 Å². The summed E-state index contributed by atoms with van der Waals surface area (Å²) in [5, 5.41) is 3.85. The monoisotopic (exact) mass is 397 g/mol. The lowest BCUT2D eigenvalue weighted by atomic mass is 9.75. The summed E-state index contributed by atoms with van der Waals surface area (Å²) in [5.74, 6) is 0.626. The van der Waals surface area contributed by atoms with Gasteiger partial charge in [0.2, 0.25) is 0 Å². The molecule has 154 valence electrons. The van der Waals surface area contributed by atoms with Crippen molar-refractivity contribution in [1.82, 2.24) is 5.32 Å². The minimum Gasteiger partial charge on any atom is -0.302 e. The zero-order valence-electron chi connectivity index (χ0n) is 17.5. The van der Waals surface area contributed by atoms with Gasteiger partial charge in [-0.1, -0.05) is 123 Å². The highest BCUT2D eigenvalue weighted by Gasteiger charge is 2.38. The molecule has 2 heteroatoms. The molecule has 1 aliphatic rings. The number of aldehydes is 1. The molecular weight excluding hydrogens is 366 g/mol. The number of carbonyl (C=O) groups excluding carboxylic acids is 1. The van der Waals surface area contributed by atoms with Gasteiger partial charge in [0.1, 0.15) is 6.29 Å². The van der Waals surface area contributed by atoms with Gasteiger partial charge in [-0.05, 0) is 29.0 Å². The van der Waals surface area contributed by atoms with Crippen LogP contribution >= 0.6 is 0 Å². The van der Waals surface area contributed by atoms with Crippen molar-refractivity contribution in [3.05, 3.63) is 108 Å². The van der Waals surface area contributed by atoms with Crippen molar-refractivity contribution in [1.29, 1.82) is 0 Å². The minimum absolute atomic E-state index is 0.200. The quantitative estimate of drug-likeness (QED) is 0.367. The predicted octanol–water partition coefficient (Wildman–Crippen LogP) is 6.11. The van der Waals surface area contributed by atoms with E-state index in [4.69, 9.17) is 0 Å². The molecule has 0 heterocycles. The molecule has 0 aliphatic heterocycles. The molecule has 3 aromatic rings. The lowest BCUT2D eigenvalue weighted by molar-refractivity contribution is -0.110. The average Bonchev–Trinajstić information content (AvgIpc) is 2.84. The number of benzene rings is 3. The van der Waals surface area contributed by atoms with Gasteiger partial charge >= 0.3 is 0 Å². The fourth-order valence-electron chi connectivity index (χ4n) is 5.02. The third-order valence-electron chi connectivity index (χ3n) is 6.50. The third-order valence-corrected chi connectivity index (χ3v) is 6.50. The third kappa shape index (κ3) is 4.39. The second-order valence-corrected chi connectivity index (χ2v) is 8.47. The van der Waals surface area contributed by atoms with Gasteiger partial charge in [0, 0.05) is 0 Å². The van der Waals surface area contributed by atoms with Crippen LogP contribution in [0.2, 0.25) is 0 Å². The summed E-state index contributed by atoms with van der Waals surface area (Å²) in [6, 6.07) is 31.4. The van der Waals surface area contributed by atoms with Gasteiger partial charge in [-0.15, -0.1) is 0 Å².